The van der Waals surface area contributed by atoms with Gasteiger partial charge in [0.1, 0.15) is 0 Å². The first-order valence-corrected chi connectivity index (χ1v) is 4.06. The van der Waals surface area contributed by atoms with E-state index in [0.29, 0.717) is 5.82 Å². The molecule has 1 unspecified atom stereocenters. The van der Waals surface area contributed by atoms with Crippen LogP contribution in [0.2, 0.25) is 5.82 Å². The summed E-state index contributed by atoms with van der Waals surface area (Å²) in [7, 11) is 5.71. The summed E-state index contributed by atoms with van der Waals surface area (Å²) in [5.74, 6) is 0.455. The Morgan fingerprint density at radius 1 is 1.22 bits per heavy atom. The maximum Gasteiger partial charge on any atom is 0.0699 e. The molecule has 0 aliphatic heterocycles. The van der Waals surface area contributed by atoms with Gasteiger partial charge in [-0.2, -0.15) is 0 Å². The monoisotopic (exact) mass is 124 g/mol. The lowest BCUT2D eigenvalue weighted by Gasteiger charge is -2.05. The molecule has 0 aliphatic rings. The van der Waals surface area contributed by atoms with Crippen LogP contribution in [0.25, 0.3) is 0 Å². The van der Waals surface area contributed by atoms with Crippen LogP contribution in [0.4, 0.5) is 0 Å². The summed E-state index contributed by atoms with van der Waals surface area (Å²) < 4.78 is 0. The lowest BCUT2D eigenvalue weighted by Crippen LogP contribution is -1.89. The van der Waals surface area contributed by atoms with Gasteiger partial charge in [0.2, 0.25) is 0 Å². The van der Waals surface area contributed by atoms with Gasteiger partial charge in [0.25, 0.3) is 0 Å². The summed E-state index contributed by atoms with van der Waals surface area (Å²) in [6, 6.07) is 0. The standard InChI is InChI=1S/C8H17B/c1-3-5-6-7-8(9)4-2/h8H,3-7H2,1-2H3. The minimum atomic E-state index is 0.455. The second-order valence-electron chi connectivity index (χ2n) is 2.66. The smallest absolute Gasteiger partial charge is 0.0699 e. The maximum atomic E-state index is 5.71. The summed E-state index contributed by atoms with van der Waals surface area (Å²) in [6.07, 6.45) is 6.30. The molecule has 0 aromatic carbocycles. The van der Waals surface area contributed by atoms with E-state index in [2.05, 4.69) is 13.8 Å². The van der Waals surface area contributed by atoms with Gasteiger partial charge in [-0.3, -0.25) is 0 Å². The van der Waals surface area contributed by atoms with Crippen molar-refractivity contribution in [2.75, 3.05) is 0 Å². The van der Waals surface area contributed by atoms with Crippen LogP contribution in [0, 0.1) is 0 Å². The van der Waals surface area contributed by atoms with E-state index in [1.54, 1.807) is 0 Å². The molecule has 0 N–H and O–H groups in total. The van der Waals surface area contributed by atoms with Gasteiger partial charge in [0, 0.05) is 0 Å². The van der Waals surface area contributed by atoms with Crippen molar-refractivity contribution in [3.05, 3.63) is 0 Å². The van der Waals surface area contributed by atoms with Gasteiger partial charge in [-0.1, -0.05) is 51.8 Å². The van der Waals surface area contributed by atoms with Crippen molar-refractivity contribution in [2.24, 2.45) is 0 Å². The van der Waals surface area contributed by atoms with E-state index >= 15 is 0 Å². The fourth-order valence-electron chi connectivity index (χ4n) is 0.861. The number of hydrogen-bond donors (Lipinski definition) is 0. The lowest BCUT2D eigenvalue weighted by atomic mass is 9.81. The van der Waals surface area contributed by atoms with Crippen molar-refractivity contribution >= 4 is 7.85 Å². The second-order valence-corrected chi connectivity index (χ2v) is 2.66. The van der Waals surface area contributed by atoms with Crippen LogP contribution < -0.4 is 0 Å². The molecular weight excluding hydrogens is 107 g/mol. The van der Waals surface area contributed by atoms with Gasteiger partial charge in [0.15, 0.2) is 0 Å². The second kappa shape index (κ2) is 6.19. The van der Waals surface area contributed by atoms with Crippen molar-refractivity contribution in [3.8, 4) is 0 Å². The highest BCUT2D eigenvalue weighted by atomic mass is 14.0. The van der Waals surface area contributed by atoms with Crippen LogP contribution in [-0.2, 0) is 0 Å². The van der Waals surface area contributed by atoms with Crippen molar-refractivity contribution in [1.29, 1.82) is 0 Å². The number of unbranched alkanes of at least 4 members (excludes halogenated alkanes) is 2. The third-order valence-electron chi connectivity index (χ3n) is 1.70. The summed E-state index contributed by atoms with van der Waals surface area (Å²) in [5, 5.41) is 0. The molecule has 0 heterocycles. The van der Waals surface area contributed by atoms with Gasteiger partial charge in [-0.25, -0.2) is 0 Å². The molecule has 9 heavy (non-hydrogen) atoms. The van der Waals surface area contributed by atoms with Gasteiger partial charge in [-0.05, 0) is 0 Å². The lowest BCUT2D eigenvalue weighted by molar-refractivity contribution is 0.624. The van der Waals surface area contributed by atoms with Crippen LogP contribution in [0.5, 0.6) is 0 Å². The third kappa shape index (κ3) is 5.94. The molecule has 0 saturated carbocycles. The average molecular weight is 124 g/mol. The Kier molecular flexibility index (Phi) is 6.23. The van der Waals surface area contributed by atoms with Crippen molar-refractivity contribution in [3.63, 3.8) is 0 Å². The van der Waals surface area contributed by atoms with Crippen molar-refractivity contribution in [2.45, 2.75) is 51.8 Å². The summed E-state index contributed by atoms with van der Waals surface area (Å²) in [6.45, 7) is 4.37. The Morgan fingerprint density at radius 2 is 1.89 bits per heavy atom. The Bertz CT molecular complexity index is 52.5. The summed E-state index contributed by atoms with van der Waals surface area (Å²) >= 11 is 0. The van der Waals surface area contributed by atoms with Crippen LogP contribution in [-0.4, -0.2) is 7.85 Å². The van der Waals surface area contributed by atoms with E-state index in [-0.39, 0.29) is 0 Å². The van der Waals surface area contributed by atoms with Crippen LogP contribution >= 0.6 is 0 Å². The van der Waals surface area contributed by atoms with Crippen LogP contribution in [0.1, 0.15) is 46.0 Å². The molecule has 52 valence electrons. The SMILES string of the molecule is [B]C(CC)CCCCC. The zero-order valence-corrected chi connectivity index (χ0v) is 6.69. The predicted molar refractivity (Wildman–Crippen MR) is 43.9 cm³/mol. The van der Waals surface area contributed by atoms with Gasteiger partial charge in [0.05, 0.1) is 7.85 Å². The van der Waals surface area contributed by atoms with E-state index in [4.69, 9.17) is 7.85 Å². The molecule has 2 radical (unpaired) electrons. The van der Waals surface area contributed by atoms with Gasteiger partial charge in [-0.15, -0.1) is 0 Å². The minimum absolute atomic E-state index is 0.455. The Hall–Kier alpha value is 0.0649. The van der Waals surface area contributed by atoms with Gasteiger partial charge >= 0.3 is 0 Å². The normalized spacial score (nSPS) is 13.6. The van der Waals surface area contributed by atoms with Crippen LogP contribution in [0.15, 0.2) is 0 Å². The highest BCUT2D eigenvalue weighted by Gasteiger charge is 1.95. The van der Waals surface area contributed by atoms with E-state index in [1.165, 1.54) is 25.7 Å². The molecule has 1 heteroatoms. The average Bonchev–Trinajstić information content (AvgIpc) is 1.89. The molecule has 0 bridgehead atoms. The van der Waals surface area contributed by atoms with Crippen molar-refractivity contribution < 1.29 is 0 Å². The first-order chi connectivity index (χ1) is 4.31. The highest BCUT2D eigenvalue weighted by Crippen LogP contribution is 2.14. The third-order valence-corrected chi connectivity index (χ3v) is 1.70. The summed E-state index contributed by atoms with van der Waals surface area (Å²) in [4.78, 5) is 0. The molecule has 0 rings (SSSR count). The first kappa shape index (κ1) is 9.06. The van der Waals surface area contributed by atoms with E-state index in [1.807, 2.05) is 0 Å². The molecule has 0 fully saturated rings. The van der Waals surface area contributed by atoms with Crippen molar-refractivity contribution in [1.82, 2.24) is 0 Å². The molecular formula is C8H17B. The molecule has 0 nitrogen and oxygen atoms in total. The summed E-state index contributed by atoms with van der Waals surface area (Å²) in [5.41, 5.74) is 0. The molecule has 0 spiro atoms. The largest absolute Gasteiger partial charge is 0.0776 e. The predicted octanol–water partition coefficient (Wildman–Crippen LogP) is 2.93. The highest BCUT2D eigenvalue weighted by molar-refractivity contribution is 6.11. The first-order valence-electron chi connectivity index (χ1n) is 4.06. The van der Waals surface area contributed by atoms with E-state index in [9.17, 15) is 0 Å². The molecule has 0 saturated heterocycles. The molecule has 1 atom stereocenters. The van der Waals surface area contributed by atoms with E-state index < -0.39 is 0 Å². The molecule has 0 aromatic heterocycles. The molecule has 0 aliphatic carbocycles. The quantitative estimate of drug-likeness (QED) is 0.390. The maximum absolute atomic E-state index is 5.71. The number of hydrogen-bond acceptors (Lipinski definition) is 0. The van der Waals surface area contributed by atoms with Crippen LogP contribution in [0.3, 0.4) is 0 Å². The fraction of sp³-hybridized carbons (Fsp3) is 1.00. The Morgan fingerprint density at radius 3 is 2.33 bits per heavy atom. The van der Waals surface area contributed by atoms with E-state index in [0.717, 1.165) is 6.42 Å². The minimum Gasteiger partial charge on any atom is -0.0776 e. The zero-order chi connectivity index (χ0) is 7.11. The molecule has 0 aromatic rings. The number of rotatable bonds is 5. The van der Waals surface area contributed by atoms with Gasteiger partial charge < -0.3 is 0 Å². The Labute approximate surface area is 60.4 Å². The zero-order valence-electron chi connectivity index (χ0n) is 6.69. The Balaban J connectivity index is 2.88. The molecule has 0 amide bonds. The topological polar surface area (TPSA) is 0 Å². The fourth-order valence-corrected chi connectivity index (χ4v) is 0.861.